The second kappa shape index (κ2) is 8.54. The molecule has 1 heterocycles. The van der Waals surface area contributed by atoms with Crippen molar-refractivity contribution >= 4 is 11.8 Å². The average molecular weight is 266 g/mol. The molecule has 0 aromatic carbocycles. The molecular weight excluding hydrogens is 240 g/mol. The van der Waals surface area contributed by atoms with E-state index in [1.54, 1.807) is 0 Å². The standard InChI is InChI=1S/C15H26N2S/c1-5-10-16-14(7-3)15-9-8-13(11-17-15)18-12(4)6-2/h8-9,11-12,14,16H,5-7,10H2,1-4H3. The Hall–Kier alpha value is -0.540. The van der Waals surface area contributed by atoms with Crippen LogP contribution in [0.5, 0.6) is 0 Å². The van der Waals surface area contributed by atoms with Gasteiger partial charge in [-0.3, -0.25) is 4.98 Å². The van der Waals surface area contributed by atoms with Crippen LogP contribution in [-0.2, 0) is 0 Å². The lowest BCUT2D eigenvalue weighted by Crippen LogP contribution is -2.22. The molecular formula is C15H26N2S. The summed E-state index contributed by atoms with van der Waals surface area (Å²) in [7, 11) is 0. The van der Waals surface area contributed by atoms with Gasteiger partial charge in [0.25, 0.3) is 0 Å². The summed E-state index contributed by atoms with van der Waals surface area (Å²) in [6.45, 7) is 9.94. The number of rotatable bonds is 8. The van der Waals surface area contributed by atoms with Crippen LogP contribution < -0.4 is 5.32 Å². The van der Waals surface area contributed by atoms with E-state index in [9.17, 15) is 0 Å². The van der Waals surface area contributed by atoms with Crippen molar-refractivity contribution in [3.05, 3.63) is 24.0 Å². The molecule has 0 aliphatic carbocycles. The first kappa shape index (κ1) is 15.5. The third-order valence-electron chi connectivity index (χ3n) is 3.08. The molecule has 102 valence electrons. The maximum Gasteiger partial charge on any atom is 0.0573 e. The fraction of sp³-hybridized carbons (Fsp3) is 0.667. The summed E-state index contributed by atoms with van der Waals surface area (Å²) in [5.41, 5.74) is 1.17. The molecule has 0 amide bonds. The maximum absolute atomic E-state index is 4.61. The molecule has 2 nitrogen and oxygen atoms in total. The third kappa shape index (κ3) is 4.99. The molecule has 0 aliphatic heterocycles. The van der Waals surface area contributed by atoms with Gasteiger partial charge in [0.1, 0.15) is 0 Å². The van der Waals surface area contributed by atoms with Crippen LogP contribution in [-0.4, -0.2) is 16.8 Å². The first-order chi connectivity index (χ1) is 8.71. The molecule has 0 radical (unpaired) electrons. The van der Waals surface area contributed by atoms with Gasteiger partial charge in [0.05, 0.1) is 5.69 Å². The molecule has 0 spiro atoms. The van der Waals surface area contributed by atoms with Crippen molar-refractivity contribution in [3.63, 3.8) is 0 Å². The Balaban J connectivity index is 2.62. The van der Waals surface area contributed by atoms with Crippen molar-refractivity contribution in [3.8, 4) is 0 Å². The molecule has 0 aliphatic rings. The van der Waals surface area contributed by atoms with Gasteiger partial charge in [-0.1, -0.05) is 27.7 Å². The second-order valence-electron chi connectivity index (χ2n) is 4.67. The van der Waals surface area contributed by atoms with E-state index in [0.29, 0.717) is 11.3 Å². The first-order valence-corrected chi connectivity index (χ1v) is 7.95. The van der Waals surface area contributed by atoms with E-state index in [1.165, 1.54) is 23.4 Å². The number of nitrogens with zero attached hydrogens (tertiary/aromatic N) is 1. The van der Waals surface area contributed by atoms with Gasteiger partial charge in [0.2, 0.25) is 0 Å². The van der Waals surface area contributed by atoms with Crippen LogP contribution in [0.2, 0.25) is 0 Å². The van der Waals surface area contributed by atoms with Gasteiger partial charge in [-0.15, -0.1) is 11.8 Å². The predicted octanol–water partition coefficient (Wildman–Crippen LogP) is 4.42. The monoisotopic (exact) mass is 266 g/mol. The molecule has 1 N–H and O–H groups in total. The van der Waals surface area contributed by atoms with Crippen LogP contribution in [0, 0.1) is 0 Å². The van der Waals surface area contributed by atoms with Gasteiger partial charge in [0, 0.05) is 22.4 Å². The molecule has 2 unspecified atom stereocenters. The first-order valence-electron chi connectivity index (χ1n) is 7.07. The molecule has 1 rings (SSSR count). The Morgan fingerprint density at radius 2 is 2.00 bits per heavy atom. The lowest BCUT2D eigenvalue weighted by Gasteiger charge is -2.16. The Morgan fingerprint density at radius 3 is 2.50 bits per heavy atom. The number of hydrogen-bond donors (Lipinski definition) is 1. The van der Waals surface area contributed by atoms with E-state index in [4.69, 9.17) is 0 Å². The van der Waals surface area contributed by atoms with Gasteiger partial charge in [-0.2, -0.15) is 0 Å². The number of pyridine rings is 1. The van der Waals surface area contributed by atoms with Gasteiger partial charge in [0.15, 0.2) is 0 Å². The van der Waals surface area contributed by atoms with Gasteiger partial charge in [-0.05, 0) is 37.9 Å². The molecule has 3 heteroatoms. The molecule has 0 bridgehead atoms. The van der Waals surface area contributed by atoms with Crippen LogP contribution in [0.3, 0.4) is 0 Å². The number of thioether (sulfide) groups is 1. The summed E-state index contributed by atoms with van der Waals surface area (Å²) in [4.78, 5) is 5.88. The normalized spacial score (nSPS) is 14.4. The van der Waals surface area contributed by atoms with Crippen LogP contribution in [0.25, 0.3) is 0 Å². The zero-order valence-electron chi connectivity index (χ0n) is 12.1. The van der Waals surface area contributed by atoms with Crippen molar-refractivity contribution in [2.75, 3.05) is 6.54 Å². The molecule has 0 saturated heterocycles. The minimum atomic E-state index is 0.396. The fourth-order valence-corrected chi connectivity index (χ4v) is 2.65. The lowest BCUT2D eigenvalue weighted by atomic mass is 10.1. The number of nitrogens with one attached hydrogen (secondary N) is 1. The predicted molar refractivity (Wildman–Crippen MR) is 81.2 cm³/mol. The largest absolute Gasteiger partial charge is 0.309 e. The minimum Gasteiger partial charge on any atom is -0.309 e. The highest BCUT2D eigenvalue weighted by Crippen LogP contribution is 2.25. The fourth-order valence-electron chi connectivity index (χ4n) is 1.76. The average Bonchev–Trinajstić information content (AvgIpc) is 2.41. The van der Waals surface area contributed by atoms with E-state index in [2.05, 4.69) is 50.1 Å². The molecule has 1 aromatic heterocycles. The van der Waals surface area contributed by atoms with E-state index in [-0.39, 0.29) is 0 Å². The van der Waals surface area contributed by atoms with E-state index >= 15 is 0 Å². The van der Waals surface area contributed by atoms with E-state index < -0.39 is 0 Å². The van der Waals surface area contributed by atoms with Crippen molar-refractivity contribution in [1.82, 2.24) is 10.3 Å². The summed E-state index contributed by atoms with van der Waals surface area (Å²) in [5.74, 6) is 0. The Kier molecular flexibility index (Phi) is 7.36. The highest BCUT2D eigenvalue weighted by molar-refractivity contribution is 7.99. The highest BCUT2D eigenvalue weighted by atomic mass is 32.2. The van der Waals surface area contributed by atoms with Gasteiger partial charge >= 0.3 is 0 Å². The maximum atomic E-state index is 4.61. The van der Waals surface area contributed by atoms with E-state index in [1.807, 2.05) is 18.0 Å². The Labute approximate surface area is 116 Å². The zero-order valence-corrected chi connectivity index (χ0v) is 12.9. The van der Waals surface area contributed by atoms with Crippen molar-refractivity contribution in [1.29, 1.82) is 0 Å². The summed E-state index contributed by atoms with van der Waals surface area (Å²) in [6.07, 6.45) is 5.47. The smallest absolute Gasteiger partial charge is 0.0573 e. The van der Waals surface area contributed by atoms with E-state index in [0.717, 1.165) is 13.0 Å². The Morgan fingerprint density at radius 1 is 1.22 bits per heavy atom. The van der Waals surface area contributed by atoms with Gasteiger partial charge < -0.3 is 5.32 Å². The third-order valence-corrected chi connectivity index (χ3v) is 4.33. The van der Waals surface area contributed by atoms with Gasteiger partial charge in [-0.25, -0.2) is 0 Å². The lowest BCUT2D eigenvalue weighted by molar-refractivity contribution is 0.507. The quantitative estimate of drug-likeness (QED) is 0.705. The van der Waals surface area contributed by atoms with Crippen molar-refractivity contribution < 1.29 is 0 Å². The highest BCUT2D eigenvalue weighted by Gasteiger charge is 2.10. The molecule has 1 aromatic rings. The topological polar surface area (TPSA) is 24.9 Å². The molecule has 2 atom stereocenters. The zero-order chi connectivity index (χ0) is 13.4. The SMILES string of the molecule is CCCNC(CC)c1ccc(SC(C)CC)cn1. The summed E-state index contributed by atoms with van der Waals surface area (Å²) in [6, 6.07) is 4.77. The summed E-state index contributed by atoms with van der Waals surface area (Å²) in [5, 5.41) is 4.20. The van der Waals surface area contributed by atoms with Crippen LogP contribution >= 0.6 is 11.8 Å². The summed E-state index contributed by atoms with van der Waals surface area (Å²) >= 11 is 1.91. The number of hydrogen-bond acceptors (Lipinski definition) is 3. The molecule has 0 fully saturated rings. The van der Waals surface area contributed by atoms with Crippen molar-refractivity contribution in [2.24, 2.45) is 0 Å². The van der Waals surface area contributed by atoms with Crippen molar-refractivity contribution in [2.45, 2.75) is 63.1 Å². The Bertz CT molecular complexity index is 324. The minimum absolute atomic E-state index is 0.396. The molecule has 18 heavy (non-hydrogen) atoms. The van der Waals surface area contributed by atoms with Crippen LogP contribution in [0.4, 0.5) is 0 Å². The molecule has 0 saturated carbocycles. The number of aromatic nitrogens is 1. The summed E-state index contributed by atoms with van der Waals surface area (Å²) < 4.78 is 0. The second-order valence-corrected chi connectivity index (χ2v) is 6.18. The van der Waals surface area contributed by atoms with Crippen LogP contribution in [0.1, 0.15) is 58.7 Å². The van der Waals surface area contributed by atoms with Crippen LogP contribution in [0.15, 0.2) is 23.2 Å².